The van der Waals surface area contributed by atoms with Gasteiger partial charge in [0, 0.05) is 12.0 Å². The molecule has 6 rings (SSSR count). The highest BCUT2D eigenvalue weighted by Crippen LogP contribution is 2.32. The van der Waals surface area contributed by atoms with Crippen LogP contribution in [0.2, 0.25) is 0 Å². The van der Waals surface area contributed by atoms with Crippen molar-refractivity contribution in [1.29, 1.82) is 0 Å². The summed E-state index contributed by atoms with van der Waals surface area (Å²) in [7, 11) is 0. The Hall–Kier alpha value is -4.67. The van der Waals surface area contributed by atoms with Gasteiger partial charge < -0.3 is 5.32 Å². The van der Waals surface area contributed by atoms with Gasteiger partial charge in [0.05, 0.1) is 23.0 Å². The summed E-state index contributed by atoms with van der Waals surface area (Å²) in [6.45, 7) is -0.152. The summed E-state index contributed by atoms with van der Waals surface area (Å²) in [5.41, 5.74) is 4.53. The molecule has 0 saturated carbocycles. The standard InChI is InChI=1S/C26H22N6O5/c33-21-10-9-20(24(35)28-21)32-25(36)17-5-2-6-18(23(17)26(32)37)27-22(34)13-31-12-19(29-30-31)16-8-7-14-3-1-4-15(14)11-16/h2,5-8,11-12,20H,1,3-4,9-10,13H2,(H,27,34)(H,28,33,35). The number of rotatable bonds is 5. The molecular weight excluding hydrogens is 476 g/mol. The zero-order chi connectivity index (χ0) is 25.7. The van der Waals surface area contributed by atoms with Crippen molar-refractivity contribution in [3.8, 4) is 11.3 Å². The average molecular weight is 498 g/mol. The average Bonchev–Trinajstić information content (AvgIpc) is 3.59. The smallest absolute Gasteiger partial charge is 0.264 e. The lowest BCUT2D eigenvalue weighted by molar-refractivity contribution is -0.136. The van der Waals surface area contributed by atoms with Gasteiger partial charge in [-0.3, -0.25) is 34.2 Å². The molecule has 186 valence electrons. The van der Waals surface area contributed by atoms with Crippen molar-refractivity contribution in [3.05, 3.63) is 64.8 Å². The predicted molar refractivity (Wildman–Crippen MR) is 129 cm³/mol. The number of carbonyl (C=O) groups is 5. The van der Waals surface area contributed by atoms with Gasteiger partial charge in [-0.05, 0) is 55.0 Å². The zero-order valence-electron chi connectivity index (χ0n) is 19.7. The zero-order valence-corrected chi connectivity index (χ0v) is 19.7. The predicted octanol–water partition coefficient (Wildman–Crippen LogP) is 1.47. The van der Waals surface area contributed by atoms with E-state index < -0.39 is 35.6 Å². The normalized spacial score (nSPS) is 18.6. The second-order valence-electron chi connectivity index (χ2n) is 9.36. The molecule has 3 aromatic rings. The van der Waals surface area contributed by atoms with E-state index in [1.54, 1.807) is 12.3 Å². The minimum atomic E-state index is -1.08. The lowest BCUT2D eigenvalue weighted by Crippen LogP contribution is -2.54. The Labute approximate surface area is 210 Å². The van der Waals surface area contributed by atoms with Crippen LogP contribution in [0.5, 0.6) is 0 Å². The van der Waals surface area contributed by atoms with Gasteiger partial charge in [-0.2, -0.15) is 0 Å². The molecule has 2 aromatic carbocycles. The Balaban J connectivity index is 1.18. The molecule has 37 heavy (non-hydrogen) atoms. The van der Waals surface area contributed by atoms with Crippen molar-refractivity contribution < 1.29 is 24.0 Å². The first-order chi connectivity index (χ1) is 17.9. The molecular formula is C26H22N6O5. The topological polar surface area (TPSA) is 143 Å². The molecule has 2 aliphatic heterocycles. The summed E-state index contributed by atoms with van der Waals surface area (Å²) in [6, 6.07) is 9.68. The van der Waals surface area contributed by atoms with Gasteiger partial charge >= 0.3 is 0 Å². The van der Waals surface area contributed by atoms with Crippen molar-refractivity contribution in [2.24, 2.45) is 0 Å². The number of piperidine rings is 1. The number of imide groups is 2. The molecule has 1 saturated heterocycles. The highest BCUT2D eigenvalue weighted by molar-refractivity contribution is 6.26. The van der Waals surface area contributed by atoms with Crippen LogP contribution < -0.4 is 10.6 Å². The van der Waals surface area contributed by atoms with Crippen molar-refractivity contribution >= 4 is 35.2 Å². The maximum absolute atomic E-state index is 13.2. The molecule has 1 fully saturated rings. The number of amides is 5. The maximum atomic E-state index is 13.2. The number of fused-ring (bicyclic) bond motifs is 2. The molecule has 2 N–H and O–H groups in total. The van der Waals surface area contributed by atoms with Gasteiger partial charge in [-0.1, -0.05) is 23.4 Å². The summed E-state index contributed by atoms with van der Waals surface area (Å²) < 4.78 is 1.41. The third kappa shape index (κ3) is 3.98. The molecule has 3 aliphatic rings. The van der Waals surface area contributed by atoms with E-state index in [9.17, 15) is 24.0 Å². The highest BCUT2D eigenvalue weighted by atomic mass is 16.2. The van der Waals surface area contributed by atoms with Gasteiger partial charge in [0.1, 0.15) is 18.3 Å². The first-order valence-electron chi connectivity index (χ1n) is 12.1. The number of hydrogen-bond acceptors (Lipinski definition) is 7. The number of aryl methyl sites for hydroxylation is 2. The van der Waals surface area contributed by atoms with Gasteiger partial charge in [-0.25, -0.2) is 4.68 Å². The lowest BCUT2D eigenvalue weighted by atomic mass is 10.0. The molecule has 1 atom stereocenters. The summed E-state index contributed by atoms with van der Waals surface area (Å²) in [5.74, 6) is -2.93. The van der Waals surface area contributed by atoms with E-state index in [2.05, 4.69) is 33.1 Å². The molecule has 0 bridgehead atoms. The second-order valence-corrected chi connectivity index (χ2v) is 9.36. The third-order valence-corrected chi connectivity index (χ3v) is 6.98. The van der Waals surface area contributed by atoms with E-state index in [1.165, 1.54) is 27.9 Å². The minimum absolute atomic E-state index is 0.0166. The molecule has 0 radical (unpaired) electrons. The summed E-state index contributed by atoms with van der Waals surface area (Å²) in [6.07, 6.45) is 5.04. The van der Waals surface area contributed by atoms with Crippen molar-refractivity contribution in [1.82, 2.24) is 25.2 Å². The Bertz CT molecular complexity index is 1510. The summed E-state index contributed by atoms with van der Waals surface area (Å²) >= 11 is 0. The van der Waals surface area contributed by atoms with Crippen molar-refractivity contribution in [3.63, 3.8) is 0 Å². The monoisotopic (exact) mass is 498 g/mol. The number of carbonyl (C=O) groups excluding carboxylic acids is 5. The Morgan fingerprint density at radius 3 is 2.70 bits per heavy atom. The van der Waals surface area contributed by atoms with Crippen molar-refractivity contribution in [2.75, 3.05) is 5.32 Å². The van der Waals surface area contributed by atoms with Gasteiger partial charge in [0.2, 0.25) is 17.7 Å². The van der Waals surface area contributed by atoms with Crippen LogP contribution in [0.15, 0.2) is 42.6 Å². The van der Waals surface area contributed by atoms with Gasteiger partial charge in [0.25, 0.3) is 11.8 Å². The fourth-order valence-corrected chi connectivity index (χ4v) is 5.20. The SMILES string of the molecule is O=C1CCC(N2C(=O)c3cccc(NC(=O)Cn4cc(-c5ccc6c(c5)CCC6)nn4)c3C2=O)C(=O)N1. The summed E-state index contributed by atoms with van der Waals surface area (Å²) in [4.78, 5) is 63.6. The molecule has 1 unspecified atom stereocenters. The molecule has 11 heteroatoms. The molecule has 0 spiro atoms. The van der Waals surface area contributed by atoms with E-state index in [0.717, 1.165) is 29.7 Å². The van der Waals surface area contributed by atoms with Gasteiger partial charge in [-0.15, -0.1) is 5.10 Å². The van der Waals surface area contributed by atoms with Gasteiger partial charge in [0.15, 0.2) is 0 Å². The number of anilines is 1. The Kier molecular flexibility index (Phi) is 5.40. The second kappa shape index (κ2) is 8.77. The molecule has 1 aromatic heterocycles. The minimum Gasteiger partial charge on any atom is -0.324 e. The van der Waals surface area contributed by atoms with E-state index >= 15 is 0 Å². The van der Waals surface area contributed by atoms with Crippen LogP contribution in [0.1, 0.15) is 51.1 Å². The van der Waals surface area contributed by atoms with Crippen molar-refractivity contribution in [2.45, 2.75) is 44.7 Å². The van der Waals surface area contributed by atoms with Crippen LogP contribution in [0.25, 0.3) is 11.3 Å². The first-order valence-corrected chi connectivity index (χ1v) is 12.1. The third-order valence-electron chi connectivity index (χ3n) is 6.98. The first kappa shape index (κ1) is 22.8. The number of aromatic nitrogens is 3. The number of hydrogen-bond donors (Lipinski definition) is 2. The molecule has 3 heterocycles. The highest BCUT2D eigenvalue weighted by Gasteiger charge is 2.45. The molecule has 11 nitrogen and oxygen atoms in total. The van der Waals surface area contributed by atoms with Crippen LogP contribution in [-0.2, 0) is 33.8 Å². The van der Waals surface area contributed by atoms with Crippen LogP contribution in [-0.4, -0.2) is 55.5 Å². The summed E-state index contributed by atoms with van der Waals surface area (Å²) in [5, 5.41) is 13.1. The fraction of sp³-hybridized carbons (Fsp3) is 0.269. The molecule has 5 amide bonds. The number of nitrogens with one attached hydrogen (secondary N) is 2. The number of nitrogens with zero attached hydrogens (tertiary/aromatic N) is 4. The van der Waals surface area contributed by atoms with E-state index in [-0.39, 0.29) is 36.2 Å². The largest absolute Gasteiger partial charge is 0.324 e. The fourth-order valence-electron chi connectivity index (χ4n) is 5.20. The van der Waals surface area contributed by atoms with E-state index in [1.807, 2.05) is 6.07 Å². The Morgan fingerprint density at radius 1 is 1.03 bits per heavy atom. The maximum Gasteiger partial charge on any atom is 0.264 e. The Morgan fingerprint density at radius 2 is 1.86 bits per heavy atom. The van der Waals surface area contributed by atoms with E-state index in [4.69, 9.17) is 0 Å². The molecule has 1 aliphatic carbocycles. The van der Waals surface area contributed by atoms with Crippen LogP contribution >= 0.6 is 0 Å². The van der Waals surface area contributed by atoms with Crippen LogP contribution in [0, 0.1) is 0 Å². The lowest BCUT2D eigenvalue weighted by Gasteiger charge is -2.27. The van der Waals surface area contributed by atoms with Crippen LogP contribution in [0.4, 0.5) is 5.69 Å². The quantitative estimate of drug-likeness (QED) is 0.507. The van der Waals surface area contributed by atoms with Crippen LogP contribution in [0.3, 0.4) is 0 Å². The number of benzene rings is 2. The van der Waals surface area contributed by atoms with E-state index in [0.29, 0.717) is 5.69 Å².